The van der Waals surface area contributed by atoms with Crippen molar-refractivity contribution >= 4 is 5.97 Å². The molecule has 1 aromatic carbocycles. The lowest BCUT2D eigenvalue weighted by Crippen LogP contribution is -1.98. The Bertz CT molecular complexity index is 365. The predicted octanol–water partition coefficient (Wildman–Crippen LogP) is 2.01. The van der Waals surface area contributed by atoms with Crippen LogP contribution < -0.4 is 0 Å². The van der Waals surface area contributed by atoms with E-state index in [1.165, 1.54) is 12.1 Å². The largest absolute Gasteiger partial charge is 0.478 e. The molecule has 0 amide bonds. The Balaban J connectivity index is 3.07. The van der Waals surface area contributed by atoms with Gasteiger partial charge in [-0.2, -0.15) is 5.26 Å². The van der Waals surface area contributed by atoms with E-state index in [-0.39, 0.29) is 11.5 Å². The number of rotatable bonds is 2. The second-order valence-electron chi connectivity index (χ2n) is 2.78. The van der Waals surface area contributed by atoms with Gasteiger partial charge in [0.15, 0.2) is 0 Å². The lowest BCUT2D eigenvalue weighted by atomic mass is 10.0. The maximum atomic E-state index is 10.6. The lowest BCUT2D eigenvalue weighted by Gasteiger charge is -2.02. The Morgan fingerprint density at radius 2 is 2.31 bits per heavy atom. The highest BCUT2D eigenvalue weighted by molar-refractivity contribution is 5.87. The normalized spacial score (nSPS) is 11.7. The zero-order valence-corrected chi connectivity index (χ0v) is 7.19. The number of hydrogen-bond acceptors (Lipinski definition) is 2. The van der Waals surface area contributed by atoms with Crippen molar-refractivity contribution in [2.75, 3.05) is 0 Å². The van der Waals surface area contributed by atoms with Crippen LogP contribution in [0.1, 0.15) is 28.8 Å². The van der Waals surface area contributed by atoms with Crippen molar-refractivity contribution in [3.63, 3.8) is 0 Å². The minimum Gasteiger partial charge on any atom is -0.478 e. The minimum atomic E-state index is -0.966. The molecule has 1 atom stereocenters. The monoisotopic (exact) mass is 176 g/mol. The number of hydrogen-bond donors (Lipinski definition) is 1. The summed E-state index contributed by atoms with van der Waals surface area (Å²) in [6.07, 6.45) is 0. The highest BCUT2D eigenvalue weighted by atomic mass is 16.5. The first-order chi connectivity index (χ1) is 6.15. The van der Waals surface area contributed by atoms with Gasteiger partial charge in [0, 0.05) is 0 Å². The van der Waals surface area contributed by atoms with E-state index in [2.05, 4.69) is 6.07 Å². The van der Waals surface area contributed by atoms with Crippen molar-refractivity contribution in [3.05, 3.63) is 35.4 Å². The summed E-state index contributed by atoms with van der Waals surface area (Å²) in [5.41, 5.74) is 0.960. The number of carboxylic acids is 1. The SMILES string of the molecule is CC(C#N)c1cccc([13C](=O)O)c1. The molecule has 3 nitrogen and oxygen atoms in total. The van der Waals surface area contributed by atoms with Crippen LogP contribution >= 0.6 is 0 Å². The Labute approximate surface area is 76.2 Å². The Morgan fingerprint density at radius 1 is 1.62 bits per heavy atom. The zero-order valence-electron chi connectivity index (χ0n) is 7.19. The summed E-state index contributed by atoms with van der Waals surface area (Å²) in [6.45, 7) is 1.74. The van der Waals surface area contributed by atoms with Crippen LogP contribution in [0.15, 0.2) is 24.3 Å². The number of carbonyl (C=O) groups is 1. The smallest absolute Gasteiger partial charge is 0.335 e. The van der Waals surface area contributed by atoms with Gasteiger partial charge in [-0.25, -0.2) is 4.79 Å². The average Bonchev–Trinajstić information content (AvgIpc) is 2.17. The molecule has 0 aromatic heterocycles. The van der Waals surface area contributed by atoms with Crippen molar-refractivity contribution in [2.45, 2.75) is 12.8 Å². The molecule has 66 valence electrons. The quantitative estimate of drug-likeness (QED) is 0.701. The van der Waals surface area contributed by atoms with Crippen LogP contribution in [0.5, 0.6) is 0 Å². The summed E-state index contributed by atoms with van der Waals surface area (Å²) in [6, 6.07) is 8.48. The third-order valence-corrected chi connectivity index (χ3v) is 1.83. The van der Waals surface area contributed by atoms with Crippen LogP contribution in [0, 0.1) is 11.3 Å². The van der Waals surface area contributed by atoms with Gasteiger partial charge in [-0.05, 0) is 24.6 Å². The van der Waals surface area contributed by atoms with Crippen LogP contribution in [-0.4, -0.2) is 11.1 Å². The summed E-state index contributed by atoms with van der Waals surface area (Å²) in [4.78, 5) is 10.6. The molecule has 0 saturated carbocycles. The Hall–Kier alpha value is -1.82. The first kappa shape index (κ1) is 9.27. The molecular formula is C10H9NO2. The molecule has 0 radical (unpaired) electrons. The molecule has 0 fully saturated rings. The summed E-state index contributed by atoms with van der Waals surface area (Å²) in [5.74, 6) is -1.23. The maximum Gasteiger partial charge on any atom is 0.335 e. The predicted molar refractivity (Wildman–Crippen MR) is 47.4 cm³/mol. The van der Waals surface area contributed by atoms with Gasteiger partial charge in [0.2, 0.25) is 0 Å². The number of benzene rings is 1. The van der Waals surface area contributed by atoms with Gasteiger partial charge in [0.05, 0.1) is 17.6 Å². The second-order valence-corrected chi connectivity index (χ2v) is 2.78. The van der Waals surface area contributed by atoms with Crippen LogP contribution in [0.3, 0.4) is 0 Å². The standard InChI is InChI=1S/C10H9NO2/c1-7(6-11)8-3-2-4-9(5-8)10(12)13/h2-5,7H,1H3,(H,12,13)/i10+1. The third kappa shape index (κ3) is 2.06. The van der Waals surface area contributed by atoms with E-state index < -0.39 is 5.97 Å². The van der Waals surface area contributed by atoms with E-state index in [1.807, 2.05) is 0 Å². The van der Waals surface area contributed by atoms with E-state index in [0.717, 1.165) is 5.56 Å². The van der Waals surface area contributed by atoms with E-state index in [4.69, 9.17) is 10.4 Å². The molecule has 0 heterocycles. The van der Waals surface area contributed by atoms with E-state index in [9.17, 15) is 4.79 Å². The molecule has 0 bridgehead atoms. The van der Waals surface area contributed by atoms with Crippen molar-refractivity contribution in [1.82, 2.24) is 0 Å². The summed E-state index contributed by atoms with van der Waals surface area (Å²) in [5, 5.41) is 17.3. The van der Waals surface area contributed by atoms with Gasteiger partial charge in [-0.1, -0.05) is 12.1 Å². The average molecular weight is 176 g/mol. The van der Waals surface area contributed by atoms with Crippen molar-refractivity contribution in [3.8, 4) is 6.07 Å². The van der Waals surface area contributed by atoms with Crippen LogP contribution in [-0.2, 0) is 0 Å². The lowest BCUT2D eigenvalue weighted by molar-refractivity contribution is 0.0697. The van der Waals surface area contributed by atoms with Gasteiger partial charge in [-0.15, -0.1) is 0 Å². The number of nitriles is 1. The first-order valence-electron chi connectivity index (χ1n) is 3.88. The second kappa shape index (κ2) is 3.72. The molecule has 0 aliphatic heterocycles. The van der Waals surface area contributed by atoms with Gasteiger partial charge >= 0.3 is 5.97 Å². The molecule has 0 aliphatic carbocycles. The fraction of sp³-hybridized carbons (Fsp3) is 0.200. The molecule has 1 unspecified atom stereocenters. The van der Waals surface area contributed by atoms with Crippen LogP contribution in [0.2, 0.25) is 0 Å². The van der Waals surface area contributed by atoms with Crippen LogP contribution in [0.25, 0.3) is 0 Å². The van der Waals surface area contributed by atoms with Crippen molar-refractivity contribution in [1.29, 1.82) is 5.26 Å². The Morgan fingerprint density at radius 3 is 2.85 bits per heavy atom. The topological polar surface area (TPSA) is 61.1 Å². The van der Waals surface area contributed by atoms with Gasteiger partial charge in [0.1, 0.15) is 0 Å². The summed E-state index contributed by atoms with van der Waals surface area (Å²) < 4.78 is 0. The maximum absolute atomic E-state index is 10.6. The number of aromatic carboxylic acids is 1. The summed E-state index contributed by atoms with van der Waals surface area (Å²) in [7, 11) is 0. The molecule has 1 aromatic rings. The van der Waals surface area contributed by atoms with Gasteiger partial charge < -0.3 is 5.11 Å². The van der Waals surface area contributed by atoms with Crippen LogP contribution in [0.4, 0.5) is 0 Å². The number of nitrogens with zero attached hydrogens (tertiary/aromatic N) is 1. The molecule has 0 aliphatic rings. The van der Waals surface area contributed by atoms with Gasteiger partial charge in [0.25, 0.3) is 0 Å². The van der Waals surface area contributed by atoms with Gasteiger partial charge in [-0.3, -0.25) is 0 Å². The molecule has 13 heavy (non-hydrogen) atoms. The summed E-state index contributed by atoms with van der Waals surface area (Å²) >= 11 is 0. The number of carboxylic acid groups (broad SMARTS) is 1. The first-order valence-corrected chi connectivity index (χ1v) is 3.88. The van der Waals surface area contributed by atoms with Crippen molar-refractivity contribution < 1.29 is 9.90 Å². The molecule has 0 spiro atoms. The molecular weight excluding hydrogens is 167 g/mol. The molecule has 3 heteroatoms. The Kier molecular flexibility index (Phi) is 2.65. The highest BCUT2D eigenvalue weighted by Crippen LogP contribution is 2.15. The van der Waals surface area contributed by atoms with E-state index in [0.29, 0.717) is 0 Å². The minimum absolute atomic E-state index is 0.222. The molecule has 0 saturated heterocycles. The van der Waals surface area contributed by atoms with E-state index in [1.54, 1.807) is 19.1 Å². The zero-order chi connectivity index (χ0) is 9.84. The molecule has 1 rings (SSSR count). The van der Waals surface area contributed by atoms with E-state index >= 15 is 0 Å². The van der Waals surface area contributed by atoms with Crippen molar-refractivity contribution in [2.24, 2.45) is 0 Å². The fourth-order valence-corrected chi connectivity index (χ4v) is 1.02. The fourth-order valence-electron chi connectivity index (χ4n) is 1.02. The third-order valence-electron chi connectivity index (χ3n) is 1.83. The molecule has 1 N–H and O–H groups in total. The highest BCUT2D eigenvalue weighted by Gasteiger charge is 2.07.